The smallest absolute Gasteiger partial charge is 0.381 e. The fraction of sp³-hybridized carbons (Fsp3) is 0.200. The van der Waals surface area contributed by atoms with Crippen molar-refractivity contribution in [3.63, 3.8) is 0 Å². The molecule has 0 heterocycles. The van der Waals surface area contributed by atoms with Crippen LogP contribution in [-0.2, 0) is 11.8 Å². The van der Waals surface area contributed by atoms with Gasteiger partial charge >= 0.3 is 6.18 Å². The monoisotopic (exact) mass is 362 g/mol. The minimum Gasteiger partial charge on any atom is -0.381 e. The Morgan fingerprint density at radius 2 is 1.62 bits per heavy atom. The standard InChI is InChI=1S/C15H11BrF4O/c1-14(21,9-3-2-4-11(16)7-9)10-5-6-12(13(17)8-10)15(18,19)20/h2-8,21H,1H3. The maximum Gasteiger partial charge on any atom is 0.419 e. The summed E-state index contributed by atoms with van der Waals surface area (Å²) in [5.74, 6) is -1.41. The predicted molar refractivity (Wildman–Crippen MR) is 74.2 cm³/mol. The van der Waals surface area contributed by atoms with Crippen LogP contribution in [0.3, 0.4) is 0 Å². The Kier molecular flexibility index (Phi) is 4.13. The van der Waals surface area contributed by atoms with E-state index in [1.54, 1.807) is 24.3 Å². The average Bonchev–Trinajstić information content (AvgIpc) is 2.37. The predicted octanol–water partition coefficient (Wildman–Crippen LogP) is 4.86. The third-order valence-corrected chi connectivity index (χ3v) is 3.72. The summed E-state index contributed by atoms with van der Waals surface area (Å²) in [4.78, 5) is 0. The van der Waals surface area contributed by atoms with Gasteiger partial charge in [0.2, 0.25) is 0 Å². The summed E-state index contributed by atoms with van der Waals surface area (Å²) in [7, 11) is 0. The zero-order valence-corrected chi connectivity index (χ0v) is 12.5. The summed E-state index contributed by atoms with van der Waals surface area (Å²) >= 11 is 3.25. The molecular formula is C15H11BrF4O. The van der Waals surface area contributed by atoms with Crippen LogP contribution >= 0.6 is 15.9 Å². The maximum atomic E-state index is 13.6. The van der Waals surface area contributed by atoms with Crippen molar-refractivity contribution in [2.75, 3.05) is 0 Å². The van der Waals surface area contributed by atoms with Gasteiger partial charge in [-0.1, -0.05) is 34.1 Å². The van der Waals surface area contributed by atoms with Crippen LogP contribution in [0.15, 0.2) is 46.9 Å². The highest BCUT2D eigenvalue weighted by molar-refractivity contribution is 9.10. The zero-order chi connectivity index (χ0) is 15.8. The maximum absolute atomic E-state index is 13.6. The molecule has 0 bridgehead atoms. The Bertz CT molecular complexity index is 665. The van der Waals surface area contributed by atoms with Gasteiger partial charge < -0.3 is 5.11 Å². The summed E-state index contributed by atoms with van der Waals surface area (Å²) < 4.78 is 52.0. The number of benzene rings is 2. The topological polar surface area (TPSA) is 20.2 Å². The Hall–Kier alpha value is -1.40. The van der Waals surface area contributed by atoms with E-state index in [1.165, 1.54) is 6.92 Å². The molecule has 1 unspecified atom stereocenters. The average molecular weight is 363 g/mol. The molecule has 0 saturated carbocycles. The summed E-state index contributed by atoms with van der Waals surface area (Å²) in [6.07, 6.45) is -4.76. The largest absolute Gasteiger partial charge is 0.419 e. The van der Waals surface area contributed by atoms with E-state index in [2.05, 4.69) is 15.9 Å². The van der Waals surface area contributed by atoms with Crippen LogP contribution in [-0.4, -0.2) is 5.11 Å². The van der Waals surface area contributed by atoms with Crippen molar-refractivity contribution in [1.82, 2.24) is 0 Å². The molecule has 1 N–H and O–H groups in total. The first-order chi connectivity index (χ1) is 9.62. The Labute approximate surface area is 127 Å². The van der Waals surface area contributed by atoms with Crippen molar-refractivity contribution < 1.29 is 22.7 Å². The molecule has 0 aliphatic heterocycles. The zero-order valence-electron chi connectivity index (χ0n) is 10.9. The summed E-state index contributed by atoms with van der Waals surface area (Å²) in [6.45, 7) is 1.40. The second-order valence-electron chi connectivity index (χ2n) is 4.77. The van der Waals surface area contributed by atoms with Crippen LogP contribution in [0.2, 0.25) is 0 Å². The first-order valence-electron chi connectivity index (χ1n) is 5.98. The lowest BCUT2D eigenvalue weighted by molar-refractivity contribution is -0.140. The minimum absolute atomic E-state index is 0.0473. The van der Waals surface area contributed by atoms with Gasteiger partial charge in [-0.15, -0.1) is 0 Å². The first-order valence-corrected chi connectivity index (χ1v) is 6.77. The number of halogens is 5. The highest BCUT2D eigenvalue weighted by Crippen LogP contribution is 2.35. The van der Waals surface area contributed by atoms with Crippen LogP contribution in [0, 0.1) is 5.82 Å². The number of aliphatic hydroxyl groups is 1. The molecule has 0 saturated heterocycles. The van der Waals surface area contributed by atoms with Gasteiger partial charge in [0.25, 0.3) is 0 Å². The quantitative estimate of drug-likeness (QED) is 0.756. The van der Waals surface area contributed by atoms with E-state index in [9.17, 15) is 22.7 Å². The van der Waals surface area contributed by atoms with E-state index in [0.717, 1.165) is 6.07 Å². The Balaban J connectivity index is 2.49. The van der Waals surface area contributed by atoms with Crippen molar-refractivity contribution in [3.8, 4) is 0 Å². The first kappa shape index (κ1) is 16.0. The second kappa shape index (κ2) is 5.42. The van der Waals surface area contributed by atoms with Crippen LogP contribution in [0.4, 0.5) is 17.6 Å². The molecule has 1 nitrogen and oxygen atoms in total. The molecule has 0 spiro atoms. The molecule has 0 aliphatic rings. The van der Waals surface area contributed by atoms with Gasteiger partial charge in [-0.3, -0.25) is 0 Å². The van der Waals surface area contributed by atoms with Crippen LogP contribution in [0.25, 0.3) is 0 Å². The molecular weight excluding hydrogens is 352 g/mol. The summed E-state index contributed by atoms with van der Waals surface area (Å²) in [6, 6.07) is 9.07. The molecule has 21 heavy (non-hydrogen) atoms. The Morgan fingerprint density at radius 1 is 1.00 bits per heavy atom. The molecule has 2 aromatic rings. The fourth-order valence-electron chi connectivity index (χ4n) is 2.01. The van der Waals surface area contributed by atoms with Crippen molar-refractivity contribution in [2.45, 2.75) is 18.7 Å². The van der Waals surface area contributed by atoms with Crippen molar-refractivity contribution >= 4 is 15.9 Å². The van der Waals surface area contributed by atoms with Gasteiger partial charge in [-0.05, 0) is 42.3 Å². The van der Waals surface area contributed by atoms with E-state index in [1.807, 2.05) is 0 Å². The number of rotatable bonds is 2. The number of alkyl halides is 3. The molecule has 6 heteroatoms. The van der Waals surface area contributed by atoms with Crippen LogP contribution < -0.4 is 0 Å². The van der Waals surface area contributed by atoms with Gasteiger partial charge in [0.05, 0.1) is 5.56 Å². The molecule has 0 radical (unpaired) electrons. The molecule has 2 aromatic carbocycles. The SMILES string of the molecule is CC(O)(c1cccc(Br)c1)c1ccc(C(F)(F)F)c(F)c1. The molecule has 0 amide bonds. The third-order valence-electron chi connectivity index (χ3n) is 3.22. The van der Waals surface area contributed by atoms with Crippen molar-refractivity contribution in [2.24, 2.45) is 0 Å². The number of hydrogen-bond donors (Lipinski definition) is 1. The van der Waals surface area contributed by atoms with Gasteiger partial charge in [-0.2, -0.15) is 13.2 Å². The van der Waals surface area contributed by atoms with Gasteiger partial charge in [0.15, 0.2) is 0 Å². The second-order valence-corrected chi connectivity index (χ2v) is 5.69. The van der Waals surface area contributed by atoms with E-state index in [-0.39, 0.29) is 5.56 Å². The lowest BCUT2D eigenvalue weighted by atomic mass is 9.87. The fourth-order valence-corrected chi connectivity index (χ4v) is 2.40. The van der Waals surface area contributed by atoms with E-state index in [4.69, 9.17) is 0 Å². The molecule has 112 valence electrons. The number of hydrogen-bond acceptors (Lipinski definition) is 1. The third kappa shape index (κ3) is 3.27. The highest BCUT2D eigenvalue weighted by Gasteiger charge is 2.35. The van der Waals surface area contributed by atoms with Crippen molar-refractivity contribution in [3.05, 3.63) is 69.4 Å². The molecule has 2 rings (SSSR count). The molecule has 1 atom stereocenters. The van der Waals surface area contributed by atoms with E-state index < -0.39 is 23.2 Å². The normalized spacial score (nSPS) is 14.8. The molecule has 0 fully saturated rings. The van der Waals surface area contributed by atoms with Gasteiger partial charge in [-0.25, -0.2) is 4.39 Å². The van der Waals surface area contributed by atoms with E-state index >= 15 is 0 Å². The van der Waals surface area contributed by atoms with Gasteiger partial charge in [0, 0.05) is 4.47 Å². The Morgan fingerprint density at radius 3 is 2.14 bits per heavy atom. The van der Waals surface area contributed by atoms with Gasteiger partial charge in [0.1, 0.15) is 11.4 Å². The summed E-state index contributed by atoms with van der Waals surface area (Å²) in [5.41, 5.74) is -2.47. The molecule has 0 aromatic heterocycles. The lowest BCUT2D eigenvalue weighted by Gasteiger charge is -2.25. The van der Waals surface area contributed by atoms with Crippen LogP contribution in [0.1, 0.15) is 23.6 Å². The lowest BCUT2D eigenvalue weighted by Crippen LogP contribution is -2.23. The highest BCUT2D eigenvalue weighted by atomic mass is 79.9. The minimum atomic E-state index is -4.76. The molecule has 0 aliphatic carbocycles. The van der Waals surface area contributed by atoms with Crippen LogP contribution in [0.5, 0.6) is 0 Å². The van der Waals surface area contributed by atoms with E-state index in [0.29, 0.717) is 22.2 Å². The summed E-state index contributed by atoms with van der Waals surface area (Å²) in [5, 5.41) is 10.5. The van der Waals surface area contributed by atoms with Crippen molar-refractivity contribution in [1.29, 1.82) is 0 Å².